The molecule has 0 radical (unpaired) electrons. The van der Waals surface area contributed by atoms with Crippen molar-refractivity contribution in [3.63, 3.8) is 0 Å². The van der Waals surface area contributed by atoms with Crippen LogP contribution in [0.2, 0.25) is 0 Å². The molecule has 2 atom stereocenters. The maximum absolute atomic E-state index is 12.1. The van der Waals surface area contributed by atoms with Crippen molar-refractivity contribution in [2.45, 2.75) is 51.0 Å². The molecule has 1 heterocycles. The molecule has 4 nitrogen and oxygen atoms in total. The first kappa shape index (κ1) is 15.5. The quantitative estimate of drug-likeness (QED) is 0.863. The monoisotopic (exact) mass is 287 g/mol. The van der Waals surface area contributed by atoms with Gasteiger partial charge in [0.15, 0.2) is 0 Å². The van der Waals surface area contributed by atoms with Gasteiger partial charge in [0.1, 0.15) is 0 Å². The average Bonchev–Trinajstić information content (AvgIpc) is 2.99. The predicted octanol–water partition coefficient (Wildman–Crippen LogP) is 2.57. The number of aryl methyl sites for hydroxylation is 1. The Morgan fingerprint density at radius 3 is 2.19 bits per heavy atom. The van der Waals surface area contributed by atoms with Gasteiger partial charge in [-0.3, -0.25) is 4.79 Å². The van der Waals surface area contributed by atoms with Crippen LogP contribution in [0.4, 0.5) is 0 Å². The molecule has 1 saturated heterocycles. The summed E-state index contributed by atoms with van der Waals surface area (Å²) in [6.45, 7) is 4.18. The van der Waals surface area contributed by atoms with Crippen molar-refractivity contribution in [1.82, 2.24) is 5.32 Å². The molecule has 1 aromatic carbocycles. The zero-order chi connectivity index (χ0) is 15.5. The highest BCUT2D eigenvalue weighted by molar-refractivity contribution is 5.84. The molecular formula is C17H21NO3. The van der Waals surface area contributed by atoms with Gasteiger partial charge in [0.25, 0.3) is 0 Å². The normalized spacial score (nSPS) is 25.9. The van der Waals surface area contributed by atoms with E-state index in [1.54, 1.807) is 0 Å². The van der Waals surface area contributed by atoms with Crippen LogP contribution in [0.25, 0.3) is 0 Å². The van der Waals surface area contributed by atoms with E-state index in [1.807, 2.05) is 0 Å². The highest BCUT2D eigenvalue weighted by atomic mass is 16.2. The summed E-state index contributed by atoms with van der Waals surface area (Å²) in [5.74, 6) is 0.696. The number of nitrogens with one attached hydrogen (secondary N) is 1. The minimum Gasteiger partial charge on any atom is -0.350 e. The molecule has 1 N–H and O–H groups in total. The van der Waals surface area contributed by atoms with Crippen LogP contribution >= 0.6 is 0 Å². The Bertz CT molecular complexity index is 538. The highest BCUT2D eigenvalue weighted by Crippen LogP contribution is 2.49. The third kappa shape index (κ3) is 2.91. The average molecular weight is 287 g/mol. The Hall–Kier alpha value is -1.93. The Balaban J connectivity index is 0.000000497. The smallest absolute Gasteiger partial charge is 0.350 e. The van der Waals surface area contributed by atoms with E-state index in [0.29, 0.717) is 5.92 Å². The summed E-state index contributed by atoms with van der Waals surface area (Å²) in [7, 11) is 0. The highest BCUT2D eigenvalue weighted by Gasteiger charge is 2.52. The van der Waals surface area contributed by atoms with Crippen LogP contribution < -0.4 is 5.32 Å². The van der Waals surface area contributed by atoms with Gasteiger partial charge < -0.3 is 5.32 Å². The van der Waals surface area contributed by atoms with Gasteiger partial charge in [0, 0.05) is 17.4 Å². The largest absolute Gasteiger partial charge is 0.373 e. The van der Waals surface area contributed by atoms with Crippen molar-refractivity contribution >= 4 is 12.1 Å². The van der Waals surface area contributed by atoms with Crippen LogP contribution in [0.3, 0.4) is 0 Å². The topological polar surface area (TPSA) is 63.2 Å². The van der Waals surface area contributed by atoms with Gasteiger partial charge in [0.2, 0.25) is 5.91 Å². The summed E-state index contributed by atoms with van der Waals surface area (Å²) in [6.07, 6.45) is 5.02. The fraction of sp³-hybridized carbons (Fsp3) is 0.529. The Morgan fingerprint density at radius 2 is 1.67 bits per heavy atom. The lowest BCUT2D eigenvalue weighted by Crippen LogP contribution is -2.42. The van der Waals surface area contributed by atoms with E-state index in [1.165, 1.54) is 24.0 Å². The molecule has 1 aliphatic heterocycles. The van der Waals surface area contributed by atoms with Gasteiger partial charge >= 0.3 is 6.15 Å². The molecule has 0 bridgehead atoms. The van der Waals surface area contributed by atoms with Gasteiger partial charge in [-0.1, -0.05) is 49.6 Å². The maximum Gasteiger partial charge on any atom is 0.373 e. The molecule has 1 spiro atoms. The number of carbonyl (C=O) groups is 1. The predicted molar refractivity (Wildman–Crippen MR) is 77.4 cm³/mol. The summed E-state index contributed by atoms with van der Waals surface area (Å²) >= 11 is 0. The second-order valence-electron chi connectivity index (χ2n) is 6.11. The summed E-state index contributed by atoms with van der Waals surface area (Å²) in [4.78, 5) is 28.3. The van der Waals surface area contributed by atoms with E-state index >= 15 is 0 Å². The van der Waals surface area contributed by atoms with E-state index in [-0.39, 0.29) is 23.5 Å². The molecule has 1 amide bonds. The summed E-state index contributed by atoms with van der Waals surface area (Å²) in [5, 5.41) is 3.30. The van der Waals surface area contributed by atoms with Crippen molar-refractivity contribution in [3.8, 4) is 0 Å². The van der Waals surface area contributed by atoms with Crippen molar-refractivity contribution in [1.29, 1.82) is 0 Å². The first-order valence-electron chi connectivity index (χ1n) is 7.42. The first-order valence-corrected chi connectivity index (χ1v) is 7.42. The van der Waals surface area contributed by atoms with E-state index in [2.05, 4.69) is 43.4 Å². The first-order chi connectivity index (χ1) is 10.0. The molecule has 1 saturated carbocycles. The standard InChI is InChI=1S/C16H21NO.CO2/c1-11-5-7-13(8-6-11)14-12(2)15(18)17-16(14)9-3-4-10-16;2-1-3/h5-8,12,14H,3-4,9-10H2,1-2H3,(H,17,18);/t12-,14?;/m0./s1. The number of benzene rings is 1. The van der Waals surface area contributed by atoms with Crippen LogP contribution in [0, 0.1) is 12.8 Å². The van der Waals surface area contributed by atoms with Gasteiger partial charge in [-0.2, -0.15) is 9.59 Å². The number of hydrogen-bond acceptors (Lipinski definition) is 3. The van der Waals surface area contributed by atoms with E-state index < -0.39 is 0 Å². The van der Waals surface area contributed by atoms with Crippen molar-refractivity contribution in [2.24, 2.45) is 5.92 Å². The minimum absolute atomic E-state index is 0.0474. The van der Waals surface area contributed by atoms with Gasteiger partial charge in [-0.15, -0.1) is 0 Å². The molecule has 1 aliphatic carbocycles. The molecule has 2 aliphatic rings. The van der Waals surface area contributed by atoms with Crippen molar-refractivity contribution in [2.75, 3.05) is 0 Å². The minimum atomic E-state index is 0.0474. The summed E-state index contributed by atoms with van der Waals surface area (Å²) in [5.41, 5.74) is 2.66. The van der Waals surface area contributed by atoms with Crippen LogP contribution in [0.1, 0.15) is 49.7 Å². The Labute approximate surface area is 124 Å². The lowest BCUT2D eigenvalue weighted by molar-refractivity contribution is -0.191. The molecule has 1 unspecified atom stereocenters. The number of rotatable bonds is 1. The van der Waals surface area contributed by atoms with Crippen LogP contribution in [0.15, 0.2) is 24.3 Å². The lowest BCUT2D eigenvalue weighted by Gasteiger charge is -2.32. The van der Waals surface area contributed by atoms with Crippen molar-refractivity contribution in [3.05, 3.63) is 35.4 Å². The summed E-state index contributed by atoms with van der Waals surface area (Å²) in [6, 6.07) is 8.73. The van der Waals surface area contributed by atoms with Crippen LogP contribution in [0.5, 0.6) is 0 Å². The molecule has 2 fully saturated rings. The Morgan fingerprint density at radius 1 is 1.14 bits per heavy atom. The van der Waals surface area contributed by atoms with Gasteiger partial charge in [-0.05, 0) is 25.3 Å². The fourth-order valence-corrected chi connectivity index (χ4v) is 3.89. The van der Waals surface area contributed by atoms with E-state index in [4.69, 9.17) is 9.59 Å². The molecule has 1 aromatic rings. The molecule has 4 heteroatoms. The summed E-state index contributed by atoms with van der Waals surface area (Å²) < 4.78 is 0. The zero-order valence-electron chi connectivity index (χ0n) is 12.5. The number of carbonyl (C=O) groups excluding carboxylic acids is 3. The molecule has 0 aromatic heterocycles. The second kappa shape index (κ2) is 6.23. The SMILES string of the molecule is Cc1ccc(C2[C@H](C)C(=O)NC23CCCC3)cc1.O=C=O. The van der Waals surface area contributed by atoms with Crippen LogP contribution in [-0.4, -0.2) is 17.6 Å². The van der Waals surface area contributed by atoms with Gasteiger partial charge in [-0.25, -0.2) is 0 Å². The third-order valence-electron chi connectivity index (χ3n) is 4.81. The van der Waals surface area contributed by atoms with E-state index in [0.717, 1.165) is 12.8 Å². The number of hydrogen-bond donors (Lipinski definition) is 1. The molecule has 112 valence electrons. The lowest BCUT2D eigenvalue weighted by atomic mass is 9.75. The Kier molecular flexibility index (Phi) is 4.59. The van der Waals surface area contributed by atoms with E-state index in [9.17, 15) is 4.79 Å². The van der Waals surface area contributed by atoms with Crippen LogP contribution in [-0.2, 0) is 14.4 Å². The third-order valence-corrected chi connectivity index (χ3v) is 4.81. The maximum atomic E-state index is 12.1. The fourth-order valence-electron chi connectivity index (χ4n) is 3.89. The second-order valence-corrected chi connectivity index (χ2v) is 6.11. The van der Waals surface area contributed by atoms with Gasteiger partial charge in [0.05, 0.1) is 0 Å². The molecule has 3 rings (SSSR count). The van der Waals surface area contributed by atoms with Crippen molar-refractivity contribution < 1.29 is 14.4 Å². The number of amides is 1. The molecule has 21 heavy (non-hydrogen) atoms. The molecular weight excluding hydrogens is 266 g/mol. The zero-order valence-corrected chi connectivity index (χ0v) is 12.5.